The van der Waals surface area contributed by atoms with E-state index in [-0.39, 0.29) is 10.0 Å². The number of rotatable bonds is 2. The van der Waals surface area contributed by atoms with E-state index >= 15 is 0 Å². The van der Waals surface area contributed by atoms with E-state index in [1.165, 1.54) is 0 Å². The second kappa shape index (κ2) is 4.12. The summed E-state index contributed by atoms with van der Waals surface area (Å²) in [6, 6.07) is 0.0933. The van der Waals surface area contributed by atoms with E-state index in [9.17, 15) is 9.50 Å². The molecule has 0 saturated heterocycles. The minimum absolute atomic E-state index is 0.0754. The van der Waals surface area contributed by atoms with E-state index in [0.717, 1.165) is 6.07 Å². The van der Waals surface area contributed by atoms with E-state index in [1.54, 1.807) is 0 Å². The average molecular weight is 266 g/mol. The van der Waals surface area contributed by atoms with Crippen LogP contribution >= 0.6 is 15.9 Å². The number of aliphatic hydroxyl groups excluding tert-OH is 1. The lowest BCUT2D eigenvalue weighted by molar-refractivity contribution is 0.263. The first-order valence-corrected chi connectivity index (χ1v) is 4.54. The molecule has 5 N–H and O–H groups in total. The predicted octanol–water partition coefficient (Wildman–Crippen LogP) is 0.991. The summed E-state index contributed by atoms with van der Waals surface area (Å²) < 4.78 is 13.0. The largest absolute Gasteiger partial charge is 0.504 e. The third-order valence-corrected chi connectivity index (χ3v) is 2.44. The molecule has 0 aliphatic heterocycles. The molecule has 0 fully saturated rings. The topological polar surface area (TPSA) is 86.7 Å². The molecule has 1 rings (SSSR count). The number of phenols is 2. The smallest absolute Gasteiger partial charge is 0.194 e. The van der Waals surface area contributed by atoms with Crippen molar-refractivity contribution in [2.45, 2.75) is 6.04 Å². The molecule has 4 nitrogen and oxygen atoms in total. The Morgan fingerprint density at radius 3 is 2.50 bits per heavy atom. The van der Waals surface area contributed by atoms with Gasteiger partial charge in [-0.3, -0.25) is 0 Å². The van der Waals surface area contributed by atoms with Gasteiger partial charge >= 0.3 is 0 Å². The maximum Gasteiger partial charge on any atom is 0.194 e. The zero-order chi connectivity index (χ0) is 10.9. The third-order valence-electron chi connectivity index (χ3n) is 1.78. The summed E-state index contributed by atoms with van der Waals surface area (Å²) in [5.41, 5.74) is 5.52. The van der Waals surface area contributed by atoms with Crippen LogP contribution in [0.15, 0.2) is 10.5 Å². The van der Waals surface area contributed by atoms with Crippen molar-refractivity contribution < 1.29 is 19.7 Å². The van der Waals surface area contributed by atoms with Gasteiger partial charge in [-0.1, -0.05) is 15.9 Å². The van der Waals surface area contributed by atoms with Gasteiger partial charge in [-0.15, -0.1) is 0 Å². The van der Waals surface area contributed by atoms with Crippen molar-refractivity contribution in [1.29, 1.82) is 0 Å². The Morgan fingerprint density at radius 1 is 1.43 bits per heavy atom. The molecule has 78 valence electrons. The second-order valence-electron chi connectivity index (χ2n) is 2.74. The van der Waals surface area contributed by atoms with Gasteiger partial charge < -0.3 is 21.1 Å². The monoisotopic (exact) mass is 265 g/mol. The van der Waals surface area contributed by atoms with Crippen molar-refractivity contribution in [3.63, 3.8) is 0 Å². The summed E-state index contributed by atoms with van der Waals surface area (Å²) in [5, 5.41) is 27.2. The Bertz CT molecular complexity index is 359. The molecule has 0 radical (unpaired) electrons. The Kier molecular flexibility index (Phi) is 3.30. The Morgan fingerprint density at radius 2 is 2.00 bits per heavy atom. The molecule has 0 heterocycles. The molecule has 0 aliphatic rings. The lowest BCUT2D eigenvalue weighted by Gasteiger charge is -2.14. The van der Waals surface area contributed by atoms with Crippen LogP contribution in [0.5, 0.6) is 11.5 Å². The number of halogens is 2. The highest BCUT2D eigenvalue weighted by Gasteiger charge is 2.20. The van der Waals surface area contributed by atoms with E-state index in [4.69, 9.17) is 15.9 Å². The normalized spacial score (nSPS) is 12.9. The molecule has 6 heteroatoms. The number of hydrogen-bond donors (Lipinski definition) is 4. The number of phenolic OH excluding ortho intramolecular Hbond substituents is 2. The molecule has 0 aromatic heterocycles. The minimum atomic E-state index is -0.955. The maximum atomic E-state index is 12.8. The van der Waals surface area contributed by atoms with Gasteiger partial charge in [0.25, 0.3) is 0 Å². The second-order valence-corrected chi connectivity index (χ2v) is 3.59. The first-order chi connectivity index (χ1) is 6.49. The van der Waals surface area contributed by atoms with Gasteiger partial charge in [0.15, 0.2) is 17.3 Å². The summed E-state index contributed by atoms with van der Waals surface area (Å²) in [4.78, 5) is 0. The first-order valence-electron chi connectivity index (χ1n) is 3.75. The highest BCUT2D eigenvalue weighted by Crippen LogP contribution is 2.39. The molecule has 0 saturated carbocycles. The summed E-state index contributed by atoms with van der Waals surface area (Å²) in [6.45, 7) is -0.419. The molecule has 0 bridgehead atoms. The van der Waals surface area contributed by atoms with Crippen molar-refractivity contribution in [2.75, 3.05) is 6.61 Å². The Hall–Kier alpha value is -0.850. The standard InChI is InChI=1S/C8H9BrFNO3/c9-3-1-4(10)7(13)8(14)6(3)5(11)2-12/h1,5,12-14H,2,11H2. The average Bonchev–Trinajstić information content (AvgIpc) is 2.14. The number of aliphatic hydroxyl groups is 1. The van der Waals surface area contributed by atoms with Gasteiger partial charge in [0.05, 0.1) is 12.6 Å². The van der Waals surface area contributed by atoms with Crippen molar-refractivity contribution >= 4 is 15.9 Å². The van der Waals surface area contributed by atoms with E-state index < -0.39 is 30.0 Å². The fourth-order valence-corrected chi connectivity index (χ4v) is 1.74. The van der Waals surface area contributed by atoms with Gasteiger partial charge in [0.1, 0.15) is 0 Å². The highest BCUT2D eigenvalue weighted by molar-refractivity contribution is 9.10. The van der Waals surface area contributed by atoms with Gasteiger partial charge in [-0.2, -0.15) is 0 Å². The van der Waals surface area contributed by atoms with Crippen molar-refractivity contribution in [1.82, 2.24) is 0 Å². The molecular weight excluding hydrogens is 257 g/mol. The summed E-state index contributed by atoms with van der Waals surface area (Å²) in [5.74, 6) is -2.48. The van der Waals surface area contributed by atoms with Gasteiger partial charge in [-0.25, -0.2) is 4.39 Å². The number of nitrogens with two attached hydrogens (primary N) is 1. The fraction of sp³-hybridized carbons (Fsp3) is 0.250. The summed E-state index contributed by atoms with van der Waals surface area (Å²) in [7, 11) is 0. The lowest BCUT2D eigenvalue weighted by Crippen LogP contribution is -2.15. The van der Waals surface area contributed by atoms with Crippen LogP contribution in [0.1, 0.15) is 11.6 Å². The van der Waals surface area contributed by atoms with Crippen molar-refractivity contribution in [2.24, 2.45) is 5.73 Å². The van der Waals surface area contributed by atoms with Crippen molar-refractivity contribution in [3.05, 3.63) is 21.9 Å². The minimum Gasteiger partial charge on any atom is -0.504 e. The molecule has 1 atom stereocenters. The first kappa shape index (κ1) is 11.2. The predicted molar refractivity (Wildman–Crippen MR) is 51.4 cm³/mol. The molecule has 0 spiro atoms. The number of hydrogen-bond acceptors (Lipinski definition) is 4. The quantitative estimate of drug-likeness (QED) is 0.601. The van der Waals surface area contributed by atoms with Gasteiger partial charge in [0, 0.05) is 10.0 Å². The summed E-state index contributed by atoms with van der Waals surface area (Å²) >= 11 is 2.97. The highest BCUT2D eigenvalue weighted by atomic mass is 79.9. The van der Waals surface area contributed by atoms with Crippen molar-refractivity contribution in [3.8, 4) is 11.5 Å². The molecule has 0 aliphatic carbocycles. The van der Waals surface area contributed by atoms with Crippen LogP contribution in [0.3, 0.4) is 0 Å². The molecular formula is C8H9BrFNO3. The van der Waals surface area contributed by atoms with Crippen LogP contribution in [0.2, 0.25) is 0 Å². The van der Waals surface area contributed by atoms with Crippen LogP contribution < -0.4 is 5.73 Å². The van der Waals surface area contributed by atoms with E-state index in [0.29, 0.717) is 0 Å². The number of aromatic hydroxyl groups is 2. The van der Waals surface area contributed by atoms with E-state index in [1.807, 2.05) is 0 Å². The van der Waals surface area contributed by atoms with Crippen LogP contribution in [0, 0.1) is 5.82 Å². The summed E-state index contributed by atoms with van der Waals surface area (Å²) in [6.07, 6.45) is 0. The lowest BCUT2D eigenvalue weighted by atomic mass is 10.1. The molecule has 1 aromatic carbocycles. The SMILES string of the molecule is NC(CO)c1c(Br)cc(F)c(O)c1O. The van der Waals surface area contributed by atoms with Crippen LogP contribution in [0.25, 0.3) is 0 Å². The van der Waals surface area contributed by atoms with Crippen LogP contribution in [0.4, 0.5) is 4.39 Å². The molecule has 0 amide bonds. The maximum absolute atomic E-state index is 12.8. The zero-order valence-corrected chi connectivity index (χ0v) is 8.62. The van der Waals surface area contributed by atoms with Gasteiger partial charge in [0.2, 0.25) is 0 Å². The Balaban J connectivity index is 3.36. The molecule has 1 aromatic rings. The zero-order valence-electron chi connectivity index (χ0n) is 7.04. The third kappa shape index (κ3) is 1.82. The molecule has 14 heavy (non-hydrogen) atoms. The number of benzene rings is 1. The molecule has 1 unspecified atom stereocenters. The van der Waals surface area contributed by atoms with Gasteiger partial charge in [-0.05, 0) is 6.07 Å². The van der Waals surface area contributed by atoms with Crippen LogP contribution in [-0.4, -0.2) is 21.9 Å². The Labute approximate surface area is 87.9 Å². The van der Waals surface area contributed by atoms with E-state index in [2.05, 4.69) is 15.9 Å². The van der Waals surface area contributed by atoms with Crippen LogP contribution in [-0.2, 0) is 0 Å². The fourth-order valence-electron chi connectivity index (χ4n) is 1.06.